The molecule has 43 heavy (non-hydrogen) atoms. The number of thiophene rings is 1. The normalized spacial score (nSPS) is 22.2. The average molecular weight is 593 g/mol. The van der Waals surface area contributed by atoms with E-state index in [4.69, 9.17) is 14.2 Å². The molecule has 5 aromatic rings. The predicted molar refractivity (Wildman–Crippen MR) is 174 cm³/mol. The molecule has 0 radical (unpaired) electrons. The molecule has 2 heterocycles. The second-order valence-electron chi connectivity index (χ2n) is 11.7. The molecule has 1 aliphatic heterocycles. The zero-order valence-corrected chi connectivity index (χ0v) is 26.0. The van der Waals surface area contributed by atoms with Gasteiger partial charge in [0.2, 0.25) is 5.79 Å². The van der Waals surface area contributed by atoms with Crippen LogP contribution in [0.1, 0.15) is 58.0 Å². The van der Waals surface area contributed by atoms with Crippen molar-refractivity contribution in [1.29, 1.82) is 0 Å². The molecule has 1 saturated heterocycles. The average Bonchev–Trinajstić information content (AvgIpc) is 3.44. The SMILES string of the molecule is CC[C@@H]1C[C@H](OCc2ccccc2)[C@@H](OCc2ccccc2)C(O)(c2cc(Cc3cc4ccccc4s3)c(C)cc2C)O1. The standard InChI is InChI=1S/C38H40O4S/c1-4-32-23-35(40-24-28-13-7-5-8-14-28)37(41-25-29-15-9-6-10-16-29)38(39,42-32)34-22-31(26(2)19-27(34)3)21-33-20-30-17-11-12-18-36(30)43-33/h5-20,22,32,35,37,39H,4,21,23-25H2,1-3H3/t32-,35+,37-,38?/m1/s1. The second-order valence-corrected chi connectivity index (χ2v) is 12.8. The van der Waals surface area contributed by atoms with Gasteiger partial charge in [-0.3, -0.25) is 0 Å². The van der Waals surface area contributed by atoms with Crippen LogP contribution in [0.2, 0.25) is 0 Å². The van der Waals surface area contributed by atoms with E-state index in [1.807, 2.05) is 59.9 Å². The van der Waals surface area contributed by atoms with Gasteiger partial charge >= 0.3 is 0 Å². The van der Waals surface area contributed by atoms with Crippen LogP contribution in [-0.2, 0) is 39.6 Å². The molecular formula is C38H40O4S. The first-order valence-corrected chi connectivity index (χ1v) is 16.0. The first kappa shape index (κ1) is 29.7. The van der Waals surface area contributed by atoms with Crippen LogP contribution in [0, 0.1) is 13.8 Å². The molecule has 0 aliphatic carbocycles. The third kappa shape index (κ3) is 6.62. The van der Waals surface area contributed by atoms with Crippen LogP contribution < -0.4 is 0 Å². The Labute approximate surface area is 258 Å². The zero-order valence-electron chi connectivity index (χ0n) is 25.2. The minimum absolute atomic E-state index is 0.172. The molecule has 4 nitrogen and oxygen atoms in total. The van der Waals surface area contributed by atoms with Crippen molar-refractivity contribution in [1.82, 2.24) is 0 Å². The van der Waals surface area contributed by atoms with E-state index in [0.29, 0.717) is 19.6 Å². The molecule has 1 fully saturated rings. The smallest absolute Gasteiger partial charge is 0.222 e. The lowest BCUT2D eigenvalue weighted by Crippen LogP contribution is -2.58. The summed E-state index contributed by atoms with van der Waals surface area (Å²) in [5, 5.41) is 14.0. The first-order chi connectivity index (χ1) is 20.9. The second kappa shape index (κ2) is 13.1. The molecule has 1 unspecified atom stereocenters. The zero-order chi connectivity index (χ0) is 29.8. The number of fused-ring (bicyclic) bond motifs is 1. The van der Waals surface area contributed by atoms with Crippen LogP contribution in [0.3, 0.4) is 0 Å². The van der Waals surface area contributed by atoms with E-state index in [0.717, 1.165) is 35.1 Å². The third-order valence-corrected chi connectivity index (χ3v) is 9.63. The van der Waals surface area contributed by atoms with E-state index in [9.17, 15) is 5.11 Å². The molecule has 1 aliphatic rings. The Bertz CT molecular complexity index is 1610. The Hall–Kier alpha value is -3.32. The molecule has 0 amide bonds. The van der Waals surface area contributed by atoms with Crippen molar-refractivity contribution in [2.24, 2.45) is 0 Å². The highest BCUT2D eigenvalue weighted by Crippen LogP contribution is 2.43. The fraction of sp³-hybridized carbons (Fsp3) is 0.316. The summed E-state index contributed by atoms with van der Waals surface area (Å²) in [6.07, 6.45) is 0.935. The molecule has 4 atom stereocenters. The fourth-order valence-corrected chi connectivity index (χ4v) is 7.26. The maximum atomic E-state index is 12.7. The number of rotatable bonds is 10. The Kier molecular flexibility index (Phi) is 9.08. The predicted octanol–water partition coefficient (Wildman–Crippen LogP) is 8.62. The highest BCUT2D eigenvalue weighted by Gasteiger charge is 2.52. The molecule has 0 saturated carbocycles. The number of hydrogen-bond acceptors (Lipinski definition) is 5. The van der Waals surface area contributed by atoms with Gasteiger partial charge < -0.3 is 19.3 Å². The molecule has 0 spiro atoms. The largest absolute Gasteiger partial charge is 0.371 e. The monoisotopic (exact) mass is 592 g/mol. The molecule has 1 aromatic heterocycles. The fourth-order valence-electron chi connectivity index (χ4n) is 6.17. The van der Waals surface area contributed by atoms with Crippen LogP contribution in [0.4, 0.5) is 0 Å². The number of benzene rings is 4. The van der Waals surface area contributed by atoms with E-state index in [-0.39, 0.29) is 12.2 Å². The van der Waals surface area contributed by atoms with Gasteiger partial charge in [0, 0.05) is 28.0 Å². The molecule has 222 valence electrons. The van der Waals surface area contributed by atoms with E-state index in [1.165, 1.54) is 26.1 Å². The van der Waals surface area contributed by atoms with Crippen molar-refractivity contribution in [2.45, 2.75) is 77.3 Å². The molecule has 1 N–H and O–H groups in total. The maximum absolute atomic E-state index is 12.7. The molecule has 6 rings (SSSR count). The lowest BCUT2D eigenvalue weighted by atomic mass is 9.84. The number of ether oxygens (including phenoxy) is 3. The molecule has 4 aromatic carbocycles. The van der Waals surface area contributed by atoms with Gasteiger partial charge in [0.15, 0.2) is 0 Å². The Morgan fingerprint density at radius 2 is 1.47 bits per heavy atom. The summed E-state index contributed by atoms with van der Waals surface area (Å²) in [5.74, 6) is -1.68. The van der Waals surface area contributed by atoms with Crippen molar-refractivity contribution in [3.05, 3.63) is 141 Å². The van der Waals surface area contributed by atoms with Gasteiger partial charge in [-0.05, 0) is 71.7 Å². The molecule has 5 heteroatoms. The van der Waals surface area contributed by atoms with Crippen LogP contribution in [0.25, 0.3) is 10.1 Å². The molecular weight excluding hydrogens is 552 g/mol. The Morgan fingerprint density at radius 1 is 0.814 bits per heavy atom. The van der Waals surface area contributed by atoms with Gasteiger partial charge in [-0.1, -0.05) is 91.9 Å². The minimum atomic E-state index is -1.68. The number of hydrogen-bond donors (Lipinski definition) is 1. The van der Waals surface area contributed by atoms with E-state index in [1.54, 1.807) is 0 Å². The van der Waals surface area contributed by atoms with Crippen molar-refractivity contribution >= 4 is 21.4 Å². The van der Waals surface area contributed by atoms with Crippen molar-refractivity contribution in [2.75, 3.05) is 0 Å². The first-order valence-electron chi connectivity index (χ1n) is 15.2. The van der Waals surface area contributed by atoms with Gasteiger partial charge in [0.1, 0.15) is 6.10 Å². The lowest BCUT2D eigenvalue weighted by Gasteiger charge is -2.47. The topological polar surface area (TPSA) is 47.9 Å². The van der Waals surface area contributed by atoms with Crippen LogP contribution in [-0.4, -0.2) is 23.4 Å². The Balaban J connectivity index is 1.36. The maximum Gasteiger partial charge on any atom is 0.222 e. The lowest BCUT2D eigenvalue weighted by molar-refractivity contribution is -0.347. The van der Waals surface area contributed by atoms with Gasteiger partial charge in [0.25, 0.3) is 0 Å². The van der Waals surface area contributed by atoms with Gasteiger partial charge in [0.05, 0.1) is 25.4 Å². The van der Waals surface area contributed by atoms with Crippen LogP contribution >= 0.6 is 11.3 Å². The quantitative estimate of drug-likeness (QED) is 0.176. The van der Waals surface area contributed by atoms with Crippen molar-refractivity contribution in [3.8, 4) is 0 Å². The van der Waals surface area contributed by atoms with Gasteiger partial charge in [-0.25, -0.2) is 0 Å². The van der Waals surface area contributed by atoms with E-state index < -0.39 is 11.9 Å². The summed E-state index contributed by atoms with van der Waals surface area (Å²) < 4.78 is 21.1. The van der Waals surface area contributed by atoms with Crippen LogP contribution in [0.5, 0.6) is 0 Å². The van der Waals surface area contributed by atoms with Gasteiger partial charge in [-0.15, -0.1) is 11.3 Å². The summed E-state index contributed by atoms with van der Waals surface area (Å²) >= 11 is 1.82. The Morgan fingerprint density at radius 3 is 2.14 bits per heavy atom. The summed E-state index contributed by atoms with van der Waals surface area (Å²) in [6, 6.07) is 35.3. The van der Waals surface area contributed by atoms with E-state index in [2.05, 4.69) is 75.4 Å². The number of aryl methyl sites for hydroxylation is 2. The highest BCUT2D eigenvalue weighted by atomic mass is 32.1. The highest BCUT2D eigenvalue weighted by molar-refractivity contribution is 7.19. The van der Waals surface area contributed by atoms with Crippen molar-refractivity contribution < 1.29 is 19.3 Å². The molecule has 0 bridgehead atoms. The summed E-state index contributed by atoms with van der Waals surface area (Å²) in [6.45, 7) is 7.08. The third-order valence-electron chi connectivity index (χ3n) is 8.51. The number of aliphatic hydroxyl groups is 1. The summed E-state index contributed by atoms with van der Waals surface area (Å²) in [5.41, 5.74) is 6.22. The minimum Gasteiger partial charge on any atom is -0.371 e. The van der Waals surface area contributed by atoms with E-state index >= 15 is 0 Å². The summed E-state index contributed by atoms with van der Waals surface area (Å²) in [4.78, 5) is 1.29. The summed E-state index contributed by atoms with van der Waals surface area (Å²) in [7, 11) is 0. The van der Waals surface area contributed by atoms with Gasteiger partial charge in [-0.2, -0.15) is 0 Å². The van der Waals surface area contributed by atoms with Crippen molar-refractivity contribution in [3.63, 3.8) is 0 Å². The van der Waals surface area contributed by atoms with Crippen LogP contribution in [0.15, 0.2) is 103 Å².